The molecule has 0 unspecified atom stereocenters. The van der Waals surface area contributed by atoms with Crippen LogP contribution in [-0.4, -0.2) is 19.2 Å². The van der Waals surface area contributed by atoms with Gasteiger partial charge in [0.1, 0.15) is 5.75 Å². The second-order valence-corrected chi connectivity index (χ2v) is 9.47. The summed E-state index contributed by atoms with van der Waals surface area (Å²) in [5, 5.41) is 0. The van der Waals surface area contributed by atoms with Gasteiger partial charge in [0.25, 0.3) is 0 Å². The first kappa shape index (κ1) is 28.5. The van der Waals surface area contributed by atoms with Crippen molar-refractivity contribution in [2.24, 2.45) is 5.92 Å². The van der Waals surface area contributed by atoms with E-state index in [1.807, 2.05) is 36.4 Å². The predicted octanol–water partition coefficient (Wildman–Crippen LogP) is 8.59. The van der Waals surface area contributed by atoms with E-state index in [4.69, 9.17) is 9.47 Å². The van der Waals surface area contributed by atoms with Crippen LogP contribution < -0.4 is 4.74 Å². The third-order valence-corrected chi connectivity index (χ3v) is 6.36. The molecule has 0 saturated heterocycles. The van der Waals surface area contributed by atoms with E-state index in [9.17, 15) is 4.79 Å². The SMILES string of the molecule is CCCCCCCCOc1ccc(C#Cc2ccc(C(=O)OCCCCC[C@@H](C)CC)cc2)cc1. The molecule has 3 nitrogen and oxygen atoms in total. The molecule has 0 saturated carbocycles. The van der Waals surface area contributed by atoms with Crippen LogP contribution in [-0.2, 0) is 4.74 Å². The minimum absolute atomic E-state index is 0.261. The maximum atomic E-state index is 12.2. The van der Waals surface area contributed by atoms with E-state index in [2.05, 4.69) is 32.6 Å². The predicted molar refractivity (Wildman–Crippen MR) is 146 cm³/mol. The Kier molecular flexibility index (Phi) is 14.4. The smallest absolute Gasteiger partial charge is 0.338 e. The molecule has 0 N–H and O–H groups in total. The zero-order chi connectivity index (χ0) is 25.1. The van der Waals surface area contributed by atoms with Gasteiger partial charge in [-0.05, 0) is 67.3 Å². The van der Waals surface area contributed by atoms with Crippen molar-refractivity contribution in [3.8, 4) is 17.6 Å². The molecule has 0 aliphatic rings. The normalized spacial score (nSPS) is 11.4. The van der Waals surface area contributed by atoms with Crippen LogP contribution >= 0.6 is 0 Å². The zero-order valence-corrected chi connectivity index (χ0v) is 22.1. The first-order valence-electron chi connectivity index (χ1n) is 13.6. The number of unbranched alkanes of at least 4 members (excludes halogenated alkanes) is 7. The van der Waals surface area contributed by atoms with Crippen LogP contribution in [0, 0.1) is 17.8 Å². The summed E-state index contributed by atoms with van der Waals surface area (Å²) < 4.78 is 11.2. The van der Waals surface area contributed by atoms with Crippen LogP contribution in [0.5, 0.6) is 5.75 Å². The van der Waals surface area contributed by atoms with Crippen molar-refractivity contribution in [3.63, 3.8) is 0 Å². The fourth-order valence-electron chi connectivity index (χ4n) is 3.76. The van der Waals surface area contributed by atoms with Crippen molar-refractivity contribution in [1.82, 2.24) is 0 Å². The lowest BCUT2D eigenvalue weighted by molar-refractivity contribution is 0.0497. The van der Waals surface area contributed by atoms with Gasteiger partial charge in [-0.1, -0.05) is 90.4 Å². The molecule has 0 aromatic heterocycles. The fourth-order valence-corrected chi connectivity index (χ4v) is 3.76. The third kappa shape index (κ3) is 12.5. The summed E-state index contributed by atoms with van der Waals surface area (Å²) in [6.07, 6.45) is 13.3. The zero-order valence-electron chi connectivity index (χ0n) is 22.1. The van der Waals surface area contributed by atoms with Gasteiger partial charge in [-0.2, -0.15) is 0 Å². The molecule has 2 aromatic rings. The highest BCUT2D eigenvalue weighted by molar-refractivity contribution is 5.89. The Hall–Kier alpha value is -2.73. The number of ether oxygens (including phenoxy) is 2. The standard InChI is InChI=1S/C32H44O3/c1-4-6-7-8-9-12-25-34-31-23-19-29(20-24-31)16-15-28-17-21-30(22-18-28)32(33)35-26-13-10-11-14-27(3)5-2/h17-24,27H,4-14,25-26H2,1-3H3/t27-/m0/s1. The molecule has 0 aliphatic carbocycles. The van der Waals surface area contributed by atoms with E-state index in [0.29, 0.717) is 12.2 Å². The number of carbonyl (C=O) groups excluding carboxylic acids is 1. The van der Waals surface area contributed by atoms with Crippen LogP contribution in [0.1, 0.15) is 113 Å². The molecular weight excluding hydrogens is 432 g/mol. The average Bonchev–Trinajstić information content (AvgIpc) is 2.89. The lowest BCUT2D eigenvalue weighted by Gasteiger charge is -2.08. The highest BCUT2D eigenvalue weighted by Gasteiger charge is 2.06. The maximum absolute atomic E-state index is 12.2. The lowest BCUT2D eigenvalue weighted by atomic mass is 10.0. The van der Waals surface area contributed by atoms with Gasteiger partial charge in [-0.15, -0.1) is 0 Å². The van der Waals surface area contributed by atoms with E-state index in [-0.39, 0.29) is 5.97 Å². The first-order valence-corrected chi connectivity index (χ1v) is 13.6. The number of esters is 1. The molecule has 1 atom stereocenters. The van der Waals surface area contributed by atoms with Gasteiger partial charge in [0, 0.05) is 11.1 Å². The Morgan fingerprint density at radius 3 is 1.97 bits per heavy atom. The van der Waals surface area contributed by atoms with E-state index >= 15 is 0 Å². The highest BCUT2D eigenvalue weighted by Crippen LogP contribution is 2.14. The van der Waals surface area contributed by atoms with Gasteiger partial charge in [0.05, 0.1) is 18.8 Å². The Bertz CT molecular complexity index is 887. The Morgan fingerprint density at radius 1 is 0.743 bits per heavy atom. The van der Waals surface area contributed by atoms with Crippen molar-refractivity contribution < 1.29 is 14.3 Å². The highest BCUT2D eigenvalue weighted by atomic mass is 16.5. The summed E-state index contributed by atoms with van der Waals surface area (Å²) in [6, 6.07) is 15.2. The van der Waals surface area contributed by atoms with Crippen LogP contribution in [0.3, 0.4) is 0 Å². The van der Waals surface area contributed by atoms with E-state index < -0.39 is 0 Å². The molecule has 2 rings (SSSR count). The molecule has 0 amide bonds. The molecule has 0 bridgehead atoms. The van der Waals surface area contributed by atoms with Crippen molar-refractivity contribution in [1.29, 1.82) is 0 Å². The molecule has 0 aliphatic heterocycles. The summed E-state index contributed by atoms with van der Waals surface area (Å²) in [4.78, 5) is 12.2. The fraction of sp³-hybridized carbons (Fsp3) is 0.531. The van der Waals surface area contributed by atoms with E-state index in [1.165, 1.54) is 51.4 Å². The summed E-state index contributed by atoms with van der Waals surface area (Å²) in [7, 11) is 0. The van der Waals surface area contributed by atoms with Crippen LogP contribution in [0.4, 0.5) is 0 Å². The molecule has 0 spiro atoms. The maximum Gasteiger partial charge on any atom is 0.338 e. The summed E-state index contributed by atoms with van der Waals surface area (Å²) >= 11 is 0. The minimum Gasteiger partial charge on any atom is -0.494 e. The molecule has 190 valence electrons. The van der Waals surface area contributed by atoms with Gasteiger partial charge >= 0.3 is 5.97 Å². The molecule has 0 fully saturated rings. The van der Waals surface area contributed by atoms with Gasteiger partial charge in [-0.3, -0.25) is 0 Å². The van der Waals surface area contributed by atoms with Gasteiger partial charge < -0.3 is 9.47 Å². The quantitative estimate of drug-likeness (QED) is 0.138. The van der Waals surface area contributed by atoms with Crippen LogP contribution in [0.2, 0.25) is 0 Å². The summed E-state index contributed by atoms with van der Waals surface area (Å²) in [5.74, 6) is 7.75. The van der Waals surface area contributed by atoms with Crippen molar-refractivity contribution in [3.05, 3.63) is 65.2 Å². The molecule has 2 aromatic carbocycles. The first-order chi connectivity index (χ1) is 17.1. The largest absolute Gasteiger partial charge is 0.494 e. The van der Waals surface area contributed by atoms with Gasteiger partial charge in [0.15, 0.2) is 0 Å². The Labute approximate surface area is 213 Å². The molecule has 0 heterocycles. The van der Waals surface area contributed by atoms with Crippen LogP contribution in [0.25, 0.3) is 0 Å². The van der Waals surface area contributed by atoms with Gasteiger partial charge in [-0.25, -0.2) is 4.79 Å². The summed E-state index contributed by atoms with van der Waals surface area (Å²) in [5.41, 5.74) is 2.38. The lowest BCUT2D eigenvalue weighted by Crippen LogP contribution is -2.06. The average molecular weight is 477 g/mol. The summed E-state index contributed by atoms with van der Waals surface area (Å²) in [6.45, 7) is 8.01. The molecule has 0 radical (unpaired) electrons. The molecule has 3 heteroatoms. The van der Waals surface area contributed by atoms with Gasteiger partial charge in [0.2, 0.25) is 0 Å². The van der Waals surface area contributed by atoms with Crippen molar-refractivity contribution >= 4 is 5.97 Å². The number of hydrogen-bond donors (Lipinski definition) is 0. The van der Waals surface area contributed by atoms with Crippen molar-refractivity contribution in [2.75, 3.05) is 13.2 Å². The van der Waals surface area contributed by atoms with E-state index in [1.54, 1.807) is 12.1 Å². The molecule has 35 heavy (non-hydrogen) atoms. The second-order valence-electron chi connectivity index (χ2n) is 9.47. The molecular formula is C32H44O3. The Balaban J connectivity index is 1.69. The number of benzene rings is 2. The number of carbonyl (C=O) groups is 1. The minimum atomic E-state index is -0.261. The van der Waals surface area contributed by atoms with Crippen molar-refractivity contribution in [2.45, 2.75) is 91.4 Å². The van der Waals surface area contributed by atoms with E-state index in [0.717, 1.165) is 48.7 Å². The van der Waals surface area contributed by atoms with Crippen LogP contribution in [0.15, 0.2) is 48.5 Å². The monoisotopic (exact) mass is 476 g/mol. The number of rotatable bonds is 16. The number of hydrogen-bond acceptors (Lipinski definition) is 3. The topological polar surface area (TPSA) is 35.5 Å². The second kappa shape index (κ2) is 17.7. The Morgan fingerprint density at radius 2 is 1.31 bits per heavy atom. The third-order valence-electron chi connectivity index (χ3n) is 6.36.